The lowest BCUT2D eigenvalue weighted by Crippen LogP contribution is -2.47. The summed E-state index contributed by atoms with van der Waals surface area (Å²) in [7, 11) is 0. The third-order valence-corrected chi connectivity index (χ3v) is 9.55. The van der Waals surface area contributed by atoms with E-state index in [0.717, 1.165) is 38.7 Å². The number of allylic oxidation sites excluding steroid dienone is 2. The first-order chi connectivity index (χ1) is 26.8. The van der Waals surface area contributed by atoms with Gasteiger partial charge in [0.1, 0.15) is 19.3 Å². The highest BCUT2D eigenvalue weighted by Crippen LogP contribution is 2.44. The molecule has 12 nitrogen and oxygen atoms in total. The average Bonchev–Trinajstić information content (AvgIpc) is 3.75. The van der Waals surface area contributed by atoms with Gasteiger partial charge >= 0.3 is 12.1 Å². The summed E-state index contributed by atoms with van der Waals surface area (Å²) >= 11 is 0. The lowest BCUT2D eigenvalue weighted by Gasteiger charge is -2.24. The molecule has 290 valence electrons. The van der Waals surface area contributed by atoms with Gasteiger partial charge in [0, 0.05) is 36.0 Å². The van der Waals surface area contributed by atoms with Crippen LogP contribution in [-0.4, -0.2) is 85.6 Å². The molecular formula is C43H50N4O8. The molecule has 1 aromatic heterocycles. The number of hydrogen-bond acceptors (Lipinski definition) is 8. The van der Waals surface area contributed by atoms with Crippen molar-refractivity contribution < 1.29 is 38.5 Å². The molecular weight excluding hydrogens is 700 g/mol. The first-order valence-corrected chi connectivity index (χ1v) is 18.6. The number of carbonyl (C=O) groups excluding carboxylic acids is 4. The van der Waals surface area contributed by atoms with Crippen molar-refractivity contribution in [2.75, 3.05) is 39.6 Å². The first kappa shape index (κ1) is 40.5. The molecule has 5 rings (SSSR count). The van der Waals surface area contributed by atoms with Gasteiger partial charge in [-0.2, -0.15) is 0 Å². The Hall–Kier alpha value is -5.72. The molecule has 0 saturated heterocycles. The Kier molecular flexibility index (Phi) is 15.2. The van der Waals surface area contributed by atoms with E-state index in [2.05, 4.69) is 46.2 Å². The fourth-order valence-corrected chi connectivity index (χ4v) is 6.85. The van der Waals surface area contributed by atoms with Crippen LogP contribution in [0, 0.1) is 5.92 Å². The highest BCUT2D eigenvalue weighted by molar-refractivity contribution is 5.87. The van der Waals surface area contributed by atoms with Crippen molar-refractivity contribution in [1.82, 2.24) is 20.9 Å². The van der Waals surface area contributed by atoms with E-state index in [1.165, 1.54) is 0 Å². The Morgan fingerprint density at radius 2 is 1.58 bits per heavy atom. The van der Waals surface area contributed by atoms with Gasteiger partial charge in [-0.3, -0.25) is 9.59 Å². The molecule has 1 aliphatic rings. The van der Waals surface area contributed by atoms with Crippen LogP contribution >= 0.6 is 0 Å². The number of aromatic nitrogens is 1. The van der Waals surface area contributed by atoms with E-state index in [1.807, 2.05) is 66.9 Å². The van der Waals surface area contributed by atoms with Crippen LogP contribution in [0.4, 0.5) is 4.79 Å². The Morgan fingerprint density at radius 3 is 2.29 bits per heavy atom. The summed E-state index contributed by atoms with van der Waals surface area (Å²) < 4.78 is 16.7. The molecule has 3 atom stereocenters. The molecule has 0 spiro atoms. The summed E-state index contributed by atoms with van der Waals surface area (Å²) in [6.07, 6.45) is 5.46. The van der Waals surface area contributed by atoms with Crippen molar-refractivity contribution in [2.45, 2.75) is 50.1 Å². The molecule has 55 heavy (non-hydrogen) atoms. The minimum atomic E-state index is -1.03. The maximum Gasteiger partial charge on any atom is 0.407 e. The van der Waals surface area contributed by atoms with Gasteiger partial charge in [0.15, 0.2) is 0 Å². The van der Waals surface area contributed by atoms with Crippen molar-refractivity contribution in [2.24, 2.45) is 5.92 Å². The number of para-hydroxylation sites is 1. The highest BCUT2D eigenvalue weighted by Gasteiger charge is 2.31. The summed E-state index contributed by atoms with van der Waals surface area (Å²) in [6, 6.07) is 22.1. The molecule has 0 fully saturated rings. The molecule has 0 aliphatic heterocycles. The highest BCUT2D eigenvalue weighted by atomic mass is 16.6. The van der Waals surface area contributed by atoms with Crippen LogP contribution in [0.1, 0.15) is 48.3 Å². The second kappa shape index (κ2) is 20.7. The van der Waals surface area contributed by atoms with Gasteiger partial charge in [-0.25, -0.2) is 9.59 Å². The minimum absolute atomic E-state index is 0.0865. The summed E-state index contributed by atoms with van der Waals surface area (Å²) in [5, 5.41) is 18.2. The second-order valence-corrected chi connectivity index (χ2v) is 13.4. The number of esters is 1. The molecule has 5 N–H and O–H groups in total. The predicted molar refractivity (Wildman–Crippen MR) is 210 cm³/mol. The van der Waals surface area contributed by atoms with Crippen LogP contribution < -0.4 is 16.0 Å². The number of aliphatic hydroxyl groups is 1. The number of amides is 3. The number of hydrogen-bond donors (Lipinski definition) is 5. The van der Waals surface area contributed by atoms with E-state index in [1.54, 1.807) is 12.2 Å². The fourth-order valence-electron chi connectivity index (χ4n) is 6.85. The van der Waals surface area contributed by atoms with Gasteiger partial charge in [-0.1, -0.05) is 78.9 Å². The molecule has 3 amide bonds. The molecule has 0 radical (unpaired) electrons. The van der Waals surface area contributed by atoms with Crippen LogP contribution in [0.2, 0.25) is 0 Å². The smallest absolute Gasteiger partial charge is 0.407 e. The Bertz CT molecular complexity index is 1890. The van der Waals surface area contributed by atoms with Gasteiger partial charge in [-0.05, 0) is 59.6 Å². The Labute approximate surface area is 321 Å². The normalized spacial score (nSPS) is 13.5. The summed E-state index contributed by atoms with van der Waals surface area (Å²) in [5.41, 5.74) is 6.17. The number of H-pyrrole nitrogens is 1. The quantitative estimate of drug-likeness (QED) is 0.0409. The molecule has 12 heteroatoms. The number of nitrogens with one attached hydrogen (secondary N) is 4. The molecule has 0 saturated carbocycles. The summed E-state index contributed by atoms with van der Waals surface area (Å²) in [5.74, 6) is -2.29. The number of aliphatic hydroxyl groups excluding tert-OH is 1. The van der Waals surface area contributed by atoms with E-state index >= 15 is 0 Å². The number of alkyl carbamates (subject to hydrolysis) is 1. The van der Waals surface area contributed by atoms with Crippen LogP contribution in [0.25, 0.3) is 22.0 Å². The summed E-state index contributed by atoms with van der Waals surface area (Å²) in [6.45, 7) is 7.92. The second-order valence-electron chi connectivity index (χ2n) is 13.4. The van der Waals surface area contributed by atoms with Crippen molar-refractivity contribution in [3.05, 3.63) is 121 Å². The Morgan fingerprint density at radius 1 is 0.873 bits per heavy atom. The van der Waals surface area contributed by atoms with E-state index in [9.17, 15) is 19.2 Å². The lowest BCUT2D eigenvalue weighted by molar-refractivity contribution is -0.147. The molecule has 0 unspecified atom stereocenters. The standard InChI is InChI=1S/C43H50N4O8/c1-3-5-18-39(47-43(52)55-28-37-35-16-8-6-14-33(35)34-15-7-9-17-36(34)37)42(51)54-27-31(24-30-26-45-38-19-11-10-13-32(30)38)46-41(50)29(12-4-2)25-40(49)44-20-22-53-23-21-48/h3-4,6-11,13-17,19,26,29,31,37,39,45,48H,1-2,5,12,18,20-25,27-28H2,(H,44,49)(H,46,50)(H,47,52)/t29-,31+,39+/m1/s1. The summed E-state index contributed by atoms with van der Waals surface area (Å²) in [4.78, 5) is 56.4. The van der Waals surface area contributed by atoms with Gasteiger partial charge < -0.3 is 40.3 Å². The maximum absolute atomic E-state index is 13.7. The van der Waals surface area contributed by atoms with E-state index in [0.29, 0.717) is 12.8 Å². The predicted octanol–water partition coefficient (Wildman–Crippen LogP) is 5.32. The Balaban J connectivity index is 1.23. The van der Waals surface area contributed by atoms with E-state index in [-0.39, 0.29) is 70.7 Å². The van der Waals surface area contributed by atoms with Crippen LogP contribution in [0.15, 0.2) is 104 Å². The van der Waals surface area contributed by atoms with Crippen LogP contribution in [0.3, 0.4) is 0 Å². The number of carbonyl (C=O) groups is 4. The van der Waals surface area contributed by atoms with Crippen molar-refractivity contribution in [3.63, 3.8) is 0 Å². The van der Waals surface area contributed by atoms with Gasteiger partial charge in [-0.15, -0.1) is 13.2 Å². The fraction of sp³-hybridized carbons (Fsp3) is 0.349. The largest absolute Gasteiger partial charge is 0.462 e. The third-order valence-electron chi connectivity index (χ3n) is 9.55. The topological polar surface area (TPSA) is 168 Å². The number of benzene rings is 3. The number of rotatable bonds is 22. The number of fused-ring (bicyclic) bond motifs is 4. The van der Waals surface area contributed by atoms with Crippen molar-refractivity contribution >= 4 is 34.8 Å². The maximum atomic E-state index is 13.7. The van der Waals surface area contributed by atoms with Gasteiger partial charge in [0.2, 0.25) is 11.8 Å². The van der Waals surface area contributed by atoms with Gasteiger partial charge in [0.25, 0.3) is 0 Å². The molecule has 3 aromatic carbocycles. The first-order valence-electron chi connectivity index (χ1n) is 18.6. The minimum Gasteiger partial charge on any atom is -0.462 e. The zero-order valence-corrected chi connectivity index (χ0v) is 31.0. The monoisotopic (exact) mass is 750 g/mol. The SMILES string of the molecule is C=CCC[C@H](NC(=O)OCC1c2ccccc2-c2ccccc21)C(=O)OC[C@H](Cc1c[nH]c2ccccc12)NC(=O)[C@H](CC=C)CC(=O)NCCOCCO. The van der Waals surface area contributed by atoms with Crippen LogP contribution in [0.5, 0.6) is 0 Å². The number of aromatic amines is 1. The van der Waals surface area contributed by atoms with Gasteiger partial charge in [0.05, 0.1) is 31.8 Å². The zero-order chi connectivity index (χ0) is 39.0. The van der Waals surface area contributed by atoms with Crippen LogP contribution in [-0.2, 0) is 35.0 Å². The molecule has 1 heterocycles. The van der Waals surface area contributed by atoms with Crippen molar-refractivity contribution in [3.8, 4) is 11.1 Å². The zero-order valence-electron chi connectivity index (χ0n) is 31.0. The van der Waals surface area contributed by atoms with E-state index in [4.69, 9.17) is 19.3 Å². The molecule has 1 aliphatic carbocycles. The molecule has 4 aromatic rings. The average molecular weight is 751 g/mol. The lowest BCUT2D eigenvalue weighted by atomic mass is 9.98. The molecule has 0 bridgehead atoms. The van der Waals surface area contributed by atoms with Crippen molar-refractivity contribution in [1.29, 1.82) is 0 Å². The number of ether oxygens (including phenoxy) is 3. The third kappa shape index (κ3) is 11.2. The van der Waals surface area contributed by atoms with E-state index < -0.39 is 36.0 Å².